The van der Waals surface area contributed by atoms with E-state index in [9.17, 15) is 0 Å². The largest absolute Gasteiger partial charge is 0.412 e. The highest BCUT2D eigenvalue weighted by Gasteiger charge is 2.06. The van der Waals surface area contributed by atoms with E-state index in [1.165, 1.54) is 0 Å². The Morgan fingerprint density at radius 3 is 1.11 bits per heavy atom. The second-order valence-electron chi connectivity index (χ2n) is 0.366. The minimum Gasteiger partial charge on any atom is -0.412 e. The SMILES string of the molecule is O.O.O.OO[O+](O)OO. The molecule has 0 aromatic rings. The molecule has 0 aliphatic rings. The molecule has 0 unspecified atom stereocenters. The van der Waals surface area contributed by atoms with Crippen molar-refractivity contribution in [3.05, 3.63) is 0 Å². The van der Waals surface area contributed by atoms with Crippen molar-refractivity contribution in [1.82, 2.24) is 0 Å². The first kappa shape index (κ1) is 23.4. The Morgan fingerprint density at radius 2 is 1.11 bits per heavy atom. The summed E-state index contributed by atoms with van der Waals surface area (Å²) in [4.78, 5) is 0.0185. The van der Waals surface area contributed by atoms with E-state index in [4.69, 9.17) is 15.8 Å². The van der Waals surface area contributed by atoms with E-state index in [2.05, 4.69) is 10.1 Å². The molecule has 0 aromatic carbocycles. The number of rotatable bonds is 2. The molecule has 9 N–H and O–H groups in total. The first-order chi connectivity index (χ1) is 2.81. The van der Waals surface area contributed by atoms with Gasteiger partial charge in [-0.1, -0.05) is 0 Å². The highest BCUT2D eigenvalue weighted by atomic mass is 17.9. The van der Waals surface area contributed by atoms with Gasteiger partial charge < -0.3 is 16.4 Å². The smallest absolute Gasteiger partial charge is 0.195 e. The lowest BCUT2D eigenvalue weighted by Crippen LogP contribution is -2.05. The van der Waals surface area contributed by atoms with Crippen LogP contribution in [0.15, 0.2) is 0 Å². The van der Waals surface area contributed by atoms with Gasteiger partial charge >= 0.3 is 0 Å². The topological polar surface area (TPSA) is 176 Å². The van der Waals surface area contributed by atoms with Gasteiger partial charge in [0.25, 0.3) is 0 Å². The van der Waals surface area contributed by atoms with E-state index in [1.807, 2.05) is 0 Å². The van der Waals surface area contributed by atoms with Gasteiger partial charge in [-0.05, 0) is 5.26 Å². The maximum absolute atomic E-state index is 7.47. The van der Waals surface area contributed by atoms with Crippen molar-refractivity contribution < 1.29 is 47.1 Å². The summed E-state index contributed by atoms with van der Waals surface area (Å²) < 4.78 is 0. The van der Waals surface area contributed by atoms with Crippen LogP contribution < -0.4 is 0 Å². The van der Waals surface area contributed by atoms with Crippen molar-refractivity contribution in [1.29, 1.82) is 0 Å². The van der Waals surface area contributed by atoms with E-state index < -0.39 is 0 Å². The second kappa shape index (κ2) is 15.6. The standard InChI is InChI=1S/H2O6.3H2O/c1-4-6(3)5-2;;;/h3H,(H-,1,2);3*1H2/p+1. The maximum atomic E-state index is 7.47. The van der Waals surface area contributed by atoms with E-state index >= 15 is 0 Å². The molecule has 0 saturated carbocycles. The van der Waals surface area contributed by atoms with Gasteiger partial charge in [0.15, 0.2) is 14.9 Å². The van der Waals surface area contributed by atoms with Gasteiger partial charge in [-0.15, -0.1) is 0 Å². The Balaban J connectivity index is -0.0000000417. The lowest BCUT2D eigenvalue weighted by atomic mass is 14.1. The lowest BCUT2D eigenvalue weighted by molar-refractivity contribution is -0.906. The molecule has 0 heterocycles. The Kier molecular flexibility index (Phi) is 40.7. The summed E-state index contributed by atoms with van der Waals surface area (Å²) in [6.45, 7) is 0. The molecule has 0 amide bonds. The van der Waals surface area contributed by atoms with E-state index in [1.54, 1.807) is 0 Å². The van der Waals surface area contributed by atoms with Gasteiger partial charge in [-0.3, -0.25) is 0 Å². The number of hydrogen-bond donors (Lipinski definition) is 3. The fourth-order valence-corrected chi connectivity index (χ4v) is 0.0136. The van der Waals surface area contributed by atoms with Crippen LogP contribution in [-0.2, 0) is 14.9 Å². The van der Waals surface area contributed by atoms with Crippen LogP contribution in [0.3, 0.4) is 0 Å². The Bertz CT molecular complexity index is 19.2. The summed E-state index contributed by atoms with van der Waals surface area (Å²) in [5.41, 5.74) is 0. The van der Waals surface area contributed by atoms with Crippen molar-refractivity contribution in [2.75, 3.05) is 0 Å². The van der Waals surface area contributed by atoms with Gasteiger partial charge in [0.1, 0.15) is 0 Å². The summed E-state index contributed by atoms with van der Waals surface area (Å²) in [6, 6.07) is 0. The summed E-state index contributed by atoms with van der Waals surface area (Å²) in [5, 5.41) is 27.3. The van der Waals surface area contributed by atoms with Gasteiger partial charge in [-0.25, -0.2) is 0 Å². The zero-order valence-electron chi connectivity index (χ0n) is 4.07. The van der Waals surface area contributed by atoms with Gasteiger partial charge in [0.2, 0.25) is 0 Å². The quantitative estimate of drug-likeness (QED) is 0.222. The summed E-state index contributed by atoms with van der Waals surface area (Å²) in [7, 11) is 0. The third-order valence-corrected chi connectivity index (χ3v) is 0.128. The molecule has 9 heavy (non-hydrogen) atoms. The molecule has 0 aliphatic carbocycles. The van der Waals surface area contributed by atoms with Crippen molar-refractivity contribution in [2.24, 2.45) is 0 Å². The van der Waals surface area contributed by atoms with Crippen LogP contribution in [-0.4, -0.2) is 32.2 Å². The minimum atomic E-state index is 0. The average molecular weight is 153 g/mol. The minimum absolute atomic E-state index is 0. The first-order valence-corrected chi connectivity index (χ1v) is 0.881. The second-order valence-corrected chi connectivity index (χ2v) is 0.366. The predicted octanol–water partition coefficient (Wildman–Crippen LogP) is -2.65. The maximum Gasteiger partial charge on any atom is 0.195 e. The molecule has 0 bridgehead atoms. The fourth-order valence-electron chi connectivity index (χ4n) is 0.0136. The van der Waals surface area contributed by atoms with Crippen LogP contribution in [0.2, 0.25) is 0 Å². The van der Waals surface area contributed by atoms with Crippen molar-refractivity contribution in [3.8, 4) is 0 Å². The highest BCUT2D eigenvalue weighted by molar-refractivity contribution is 2.97. The zero-order valence-corrected chi connectivity index (χ0v) is 4.07. The van der Waals surface area contributed by atoms with Crippen molar-refractivity contribution in [3.63, 3.8) is 0 Å². The normalized spacial score (nSPS) is 6.67. The molecular weight excluding hydrogens is 144 g/mol. The van der Waals surface area contributed by atoms with E-state index in [-0.39, 0.29) is 21.2 Å². The Hall–Kier alpha value is -0.360. The van der Waals surface area contributed by atoms with Gasteiger partial charge in [-0.2, -0.15) is 10.5 Å². The fraction of sp³-hybridized carbons (Fsp3) is 0. The molecule has 9 heteroatoms. The molecule has 0 rings (SSSR count). The van der Waals surface area contributed by atoms with Gasteiger partial charge in [0.05, 0.1) is 0 Å². The van der Waals surface area contributed by atoms with Crippen LogP contribution in [0.5, 0.6) is 0 Å². The van der Waals surface area contributed by atoms with E-state index in [0.29, 0.717) is 0 Å². The van der Waals surface area contributed by atoms with Gasteiger partial charge in [0, 0.05) is 0 Å². The molecule has 9 nitrogen and oxygen atoms in total. The molecular formula is H9O9+. The molecule has 0 spiro atoms. The summed E-state index contributed by atoms with van der Waals surface area (Å²) >= 11 is 0. The van der Waals surface area contributed by atoms with Crippen molar-refractivity contribution in [2.45, 2.75) is 0 Å². The number of hydrogen-bond acceptors (Lipinski definition) is 5. The van der Waals surface area contributed by atoms with Crippen LogP contribution >= 0.6 is 0 Å². The average Bonchev–Trinajstić information content (AvgIpc) is 1.65. The molecule has 0 fully saturated rings. The monoisotopic (exact) mass is 153 g/mol. The molecule has 0 atom stereocenters. The molecule has 0 saturated heterocycles. The van der Waals surface area contributed by atoms with Crippen molar-refractivity contribution >= 4 is 0 Å². The van der Waals surface area contributed by atoms with Crippen LogP contribution in [0.25, 0.3) is 0 Å². The predicted molar refractivity (Wildman–Crippen MR) is 22.0 cm³/mol. The highest BCUT2D eigenvalue weighted by Crippen LogP contribution is 1.82. The van der Waals surface area contributed by atoms with E-state index in [0.717, 1.165) is 0 Å². The molecule has 0 radical (unpaired) electrons. The van der Waals surface area contributed by atoms with Crippen LogP contribution in [0.4, 0.5) is 0 Å². The first-order valence-electron chi connectivity index (χ1n) is 0.881. The third kappa shape index (κ3) is 18.3. The Morgan fingerprint density at radius 1 is 0.889 bits per heavy atom. The lowest BCUT2D eigenvalue weighted by Gasteiger charge is -1.82. The van der Waals surface area contributed by atoms with Crippen LogP contribution in [0, 0.1) is 0 Å². The molecule has 0 aliphatic heterocycles. The summed E-state index contributed by atoms with van der Waals surface area (Å²) in [5.74, 6) is 0. The molecule has 62 valence electrons. The third-order valence-electron chi connectivity index (χ3n) is 0.128. The zero-order chi connectivity index (χ0) is 4.99. The van der Waals surface area contributed by atoms with Crippen LogP contribution in [0.1, 0.15) is 0 Å². The molecule has 0 aromatic heterocycles. The summed E-state index contributed by atoms with van der Waals surface area (Å²) in [6.07, 6.45) is 0. The Labute approximate surface area is 48.5 Å².